The first-order valence-corrected chi connectivity index (χ1v) is 9.61. The Hall–Kier alpha value is -1.58. The number of rotatable bonds is 6. The van der Waals surface area contributed by atoms with Crippen LogP contribution in [-0.2, 0) is 6.54 Å². The standard InChI is InChI=1S/C21H27ClN2O/c1-15-12-19(16(2)24(15)18-9-4-3-5-10-18)21(25)14-23-13-17-8-6-7-11-20(17)22/h6-8,11-12,18,23H,3-5,9-10,13-14H2,1-2H3. The zero-order valence-corrected chi connectivity index (χ0v) is 15.9. The minimum Gasteiger partial charge on any atom is -0.345 e. The summed E-state index contributed by atoms with van der Waals surface area (Å²) in [5.74, 6) is 0.155. The molecule has 1 N–H and O–H groups in total. The van der Waals surface area contributed by atoms with Crippen LogP contribution in [0.3, 0.4) is 0 Å². The molecule has 25 heavy (non-hydrogen) atoms. The van der Waals surface area contributed by atoms with Gasteiger partial charge in [-0.15, -0.1) is 0 Å². The van der Waals surface area contributed by atoms with Crippen LogP contribution in [0.25, 0.3) is 0 Å². The number of aromatic nitrogens is 1. The maximum Gasteiger partial charge on any atom is 0.178 e. The monoisotopic (exact) mass is 358 g/mol. The lowest BCUT2D eigenvalue weighted by atomic mass is 9.95. The molecular formula is C21H27ClN2O. The lowest BCUT2D eigenvalue weighted by molar-refractivity contribution is 0.0990. The van der Waals surface area contributed by atoms with Gasteiger partial charge in [0.1, 0.15) is 0 Å². The van der Waals surface area contributed by atoms with Crippen LogP contribution in [0.2, 0.25) is 5.02 Å². The molecule has 0 spiro atoms. The Morgan fingerprint density at radius 2 is 1.92 bits per heavy atom. The molecule has 3 rings (SSSR count). The van der Waals surface area contributed by atoms with Gasteiger partial charge < -0.3 is 9.88 Å². The van der Waals surface area contributed by atoms with Gasteiger partial charge in [0.15, 0.2) is 5.78 Å². The number of nitrogens with zero attached hydrogens (tertiary/aromatic N) is 1. The Morgan fingerprint density at radius 3 is 2.64 bits per heavy atom. The molecule has 1 aromatic heterocycles. The van der Waals surface area contributed by atoms with Gasteiger partial charge in [-0.1, -0.05) is 49.1 Å². The van der Waals surface area contributed by atoms with Crippen LogP contribution in [0.4, 0.5) is 0 Å². The third-order valence-electron chi connectivity index (χ3n) is 5.28. The van der Waals surface area contributed by atoms with Gasteiger partial charge >= 0.3 is 0 Å². The molecule has 1 saturated carbocycles. The first-order chi connectivity index (χ1) is 12.1. The molecule has 1 aromatic carbocycles. The van der Waals surface area contributed by atoms with Gasteiger partial charge in [0, 0.05) is 34.6 Å². The lowest BCUT2D eigenvalue weighted by Gasteiger charge is -2.26. The molecule has 1 aliphatic carbocycles. The van der Waals surface area contributed by atoms with Gasteiger partial charge in [0.25, 0.3) is 0 Å². The van der Waals surface area contributed by atoms with Gasteiger partial charge in [-0.05, 0) is 44.4 Å². The zero-order chi connectivity index (χ0) is 17.8. The van der Waals surface area contributed by atoms with E-state index in [1.165, 1.54) is 37.8 Å². The van der Waals surface area contributed by atoms with Gasteiger partial charge in [-0.3, -0.25) is 4.79 Å². The molecule has 1 aliphatic rings. The summed E-state index contributed by atoms with van der Waals surface area (Å²) in [5, 5.41) is 3.97. The molecule has 0 radical (unpaired) electrons. The van der Waals surface area contributed by atoms with E-state index in [4.69, 9.17) is 11.6 Å². The molecule has 2 aromatic rings. The first-order valence-electron chi connectivity index (χ1n) is 9.23. The summed E-state index contributed by atoms with van der Waals surface area (Å²) in [7, 11) is 0. The first kappa shape index (κ1) is 18.2. The fourth-order valence-electron chi connectivity index (χ4n) is 4.01. The van der Waals surface area contributed by atoms with E-state index in [2.05, 4.69) is 29.8 Å². The summed E-state index contributed by atoms with van der Waals surface area (Å²) >= 11 is 6.16. The van der Waals surface area contributed by atoms with E-state index < -0.39 is 0 Å². The maximum atomic E-state index is 12.7. The Bertz CT molecular complexity index is 744. The molecule has 4 heteroatoms. The zero-order valence-electron chi connectivity index (χ0n) is 15.1. The predicted molar refractivity (Wildman–Crippen MR) is 104 cm³/mol. The van der Waals surface area contributed by atoms with E-state index in [1.807, 2.05) is 24.3 Å². The third kappa shape index (κ3) is 4.16. The summed E-state index contributed by atoms with van der Waals surface area (Å²) in [6, 6.07) is 10.3. The Kier molecular flexibility index (Phi) is 5.98. The minimum absolute atomic E-state index is 0.155. The summed E-state index contributed by atoms with van der Waals surface area (Å²) in [6.45, 7) is 5.14. The molecule has 1 heterocycles. The van der Waals surface area contributed by atoms with Crippen LogP contribution >= 0.6 is 11.6 Å². The average Bonchev–Trinajstić information content (AvgIpc) is 2.92. The number of halogens is 1. The normalized spacial score (nSPS) is 15.5. The van der Waals surface area contributed by atoms with Crippen molar-refractivity contribution < 1.29 is 4.79 Å². The van der Waals surface area contributed by atoms with Gasteiger partial charge in [-0.2, -0.15) is 0 Å². The average molecular weight is 359 g/mol. The highest BCUT2D eigenvalue weighted by molar-refractivity contribution is 6.31. The lowest BCUT2D eigenvalue weighted by Crippen LogP contribution is -2.23. The molecule has 0 atom stereocenters. The molecule has 0 aliphatic heterocycles. The highest BCUT2D eigenvalue weighted by Crippen LogP contribution is 2.32. The quantitative estimate of drug-likeness (QED) is 0.717. The van der Waals surface area contributed by atoms with E-state index >= 15 is 0 Å². The highest BCUT2D eigenvalue weighted by atomic mass is 35.5. The number of ketones is 1. The van der Waals surface area contributed by atoms with Crippen molar-refractivity contribution in [3.63, 3.8) is 0 Å². The molecule has 1 fully saturated rings. The summed E-state index contributed by atoms with van der Waals surface area (Å²) in [6.07, 6.45) is 6.39. The van der Waals surface area contributed by atoms with Crippen LogP contribution < -0.4 is 5.32 Å². The summed E-state index contributed by atoms with van der Waals surface area (Å²) < 4.78 is 2.39. The van der Waals surface area contributed by atoms with Crippen LogP contribution in [0.15, 0.2) is 30.3 Å². The fourth-order valence-corrected chi connectivity index (χ4v) is 4.21. The van der Waals surface area contributed by atoms with Crippen molar-refractivity contribution in [2.45, 2.75) is 58.5 Å². The number of carbonyl (C=O) groups is 1. The van der Waals surface area contributed by atoms with Crippen molar-refractivity contribution in [2.75, 3.05) is 6.54 Å². The van der Waals surface area contributed by atoms with E-state index in [1.54, 1.807) is 0 Å². The van der Waals surface area contributed by atoms with Crippen LogP contribution in [-0.4, -0.2) is 16.9 Å². The number of aryl methyl sites for hydroxylation is 1. The third-order valence-corrected chi connectivity index (χ3v) is 5.65. The minimum atomic E-state index is 0.155. The second-order valence-corrected chi connectivity index (χ2v) is 7.47. The van der Waals surface area contributed by atoms with Crippen molar-refractivity contribution in [1.29, 1.82) is 0 Å². The Labute approximate surface area is 155 Å². The van der Waals surface area contributed by atoms with Gasteiger partial charge in [0.2, 0.25) is 0 Å². The second kappa shape index (κ2) is 8.20. The number of carbonyl (C=O) groups excluding carboxylic acids is 1. The smallest absolute Gasteiger partial charge is 0.178 e. The number of nitrogens with one attached hydrogen (secondary N) is 1. The van der Waals surface area contributed by atoms with Crippen molar-refractivity contribution in [2.24, 2.45) is 0 Å². The number of benzene rings is 1. The highest BCUT2D eigenvalue weighted by Gasteiger charge is 2.22. The van der Waals surface area contributed by atoms with Crippen molar-refractivity contribution in [3.8, 4) is 0 Å². The van der Waals surface area contributed by atoms with Crippen molar-refractivity contribution in [3.05, 3.63) is 57.9 Å². The van der Waals surface area contributed by atoms with E-state index in [9.17, 15) is 4.79 Å². The predicted octanol–water partition coefficient (Wildman–Crippen LogP) is 5.24. The van der Waals surface area contributed by atoms with Gasteiger partial charge in [-0.25, -0.2) is 0 Å². The molecule has 3 nitrogen and oxygen atoms in total. The van der Waals surface area contributed by atoms with E-state index in [0.29, 0.717) is 19.1 Å². The number of hydrogen-bond acceptors (Lipinski definition) is 2. The second-order valence-electron chi connectivity index (χ2n) is 7.06. The van der Waals surface area contributed by atoms with E-state index in [-0.39, 0.29) is 5.78 Å². The largest absolute Gasteiger partial charge is 0.345 e. The molecule has 0 amide bonds. The number of hydrogen-bond donors (Lipinski definition) is 1. The molecule has 0 unspecified atom stereocenters. The fraction of sp³-hybridized carbons (Fsp3) is 0.476. The van der Waals surface area contributed by atoms with Crippen molar-refractivity contribution >= 4 is 17.4 Å². The van der Waals surface area contributed by atoms with Crippen LogP contribution in [0.1, 0.15) is 65.5 Å². The maximum absolute atomic E-state index is 12.7. The van der Waals surface area contributed by atoms with Crippen molar-refractivity contribution in [1.82, 2.24) is 9.88 Å². The van der Waals surface area contributed by atoms with Crippen LogP contribution in [0, 0.1) is 13.8 Å². The summed E-state index contributed by atoms with van der Waals surface area (Å²) in [4.78, 5) is 12.7. The topological polar surface area (TPSA) is 34.0 Å². The Balaban J connectivity index is 1.65. The SMILES string of the molecule is Cc1cc(C(=O)CNCc2ccccc2Cl)c(C)n1C1CCCCC1. The number of Topliss-reactive ketones (excluding diaryl/α,β-unsaturated/α-hetero) is 1. The molecule has 0 saturated heterocycles. The molecule has 134 valence electrons. The van der Waals surface area contributed by atoms with Crippen LogP contribution in [0.5, 0.6) is 0 Å². The molecule has 0 bridgehead atoms. The summed E-state index contributed by atoms with van der Waals surface area (Å²) in [5.41, 5.74) is 4.20. The molecular weight excluding hydrogens is 332 g/mol. The van der Waals surface area contributed by atoms with Gasteiger partial charge in [0.05, 0.1) is 6.54 Å². The Morgan fingerprint density at radius 1 is 1.20 bits per heavy atom. The van der Waals surface area contributed by atoms with E-state index in [0.717, 1.165) is 21.8 Å².